The molecule has 0 unspecified atom stereocenters. The molecule has 1 saturated heterocycles. The van der Waals surface area contributed by atoms with Crippen molar-refractivity contribution >= 4 is 27.3 Å². The Labute approximate surface area is 127 Å². The maximum Gasteiger partial charge on any atom is 0.261 e. The molecule has 0 radical (unpaired) electrons. The summed E-state index contributed by atoms with van der Waals surface area (Å²) in [7, 11) is 2.09. The van der Waals surface area contributed by atoms with Crippen molar-refractivity contribution in [3.05, 3.63) is 34.5 Å². The van der Waals surface area contributed by atoms with Crippen molar-refractivity contribution in [3.63, 3.8) is 0 Å². The second-order valence-corrected chi connectivity index (χ2v) is 6.77. The first kappa shape index (κ1) is 14.5. The van der Waals surface area contributed by atoms with E-state index < -0.39 is 0 Å². The van der Waals surface area contributed by atoms with Crippen LogP contribution in [-0.4, -0.2) is 37.0 Å². The fourth-order valence-corrected chi connectivity index (χ4v) is 4.00. The molecule has 5 heteroatoms. The summed E-state index contributed by atoms with van der Waals surface area (Å²) in [6.07, 6.45) is 1.95. The summed E-state index contributed by atoms with van der Waals surface area (Å²) in [5.41, 5.74) is 0.749. The standard InChI is InChI=1S/C16H19FN2OS/c1-10-14-12(17)4-3-5-13(14)21-15(10)16(20)18-11-6-8-19(2)9-7-11/h3-5,11H,6-9H2,1-2H3,(H,18,20). The molecular formula is C16H19FN2OS. The third-order valence-electron chi connectivity index (χ3n) is 4.16. The lowest BCUT2D eigenvalue weighted by Crippen LogP contribution is -2.43. The maximum atomic E-state index is 13.9. The molecule has 1 N–H and O–H groups in total. The number of likely N-dealkylation sites (tertiary alicyclic amines) is 1. The van der Waals surface area contributed by atoms with Crippen LogP contribution in [0.4, 0.5) is 4.39 Å². The Bertz CT molecular complexity index is 674. The van der Waals surface area contributed by atoms with Crippen molar-refractivity contribution < 1.29 is 9.18 Å². The van der Waals surface area contributed by atoms with Crippen molar-refractivity contribution in [3.8, 4) is 0 Å². The summed E-state index contributed by atoms with van der Waals surface area (Å²) in [6, 6.07) is 5.22. The van der Waals surface area contributed by atoms with E-state index in [0.717, 1.165) is 36.2 Å². The molecule has 0 saturated carbocycles. The summed E-state index contributed by atoms with van der Waals surface area (Å²) in [5, 5.41) is 3.68. The van der Waals surface area contributed by atoms with Crippen LogP contribution in [0.1, 0.15) is 28.1 Å². The Balaban J connectivity index is 1.82. The zero-order valence-corrected chi connectivity index (χ0v) is 13.1. The third-order valence-corrected chi connectivity index (χ3v) is 5.42. The van der Waals surface area contributed by atoms with Gasteiger partial charge in [-0.05, 0) is 57.6 Å². The highest BCUT2D eigenvalue weighted by Crippen LogP contribution is 2.32. The average molecular weight is 306 g/mol. The zero-order chi connectivity index (χ0) is 15.0. The van der Waals surface area contributed by atoms with Crippen LogP contribution >= 0.6 is 11.3 Å². The minimum atomic E-state index is -0.250. The number of fused-ring (bicyclic) bond motifs is 1. The van der Waals surface area contributed by atoms with Crippen LogP contribution in [-0.2, 0) is 0 Å². The molecule has 21 heavy (non-hydrogen) atoms. The highest BCUT2D eigenvalue weighted by atomic mass is 32.1. The molecule has 0 spiro atoms. The van der Waals surface area contributed by atoms with Gasteiger partial charge >= 0.3 is 0 Å². The van der Waals surface area contributed by atoms with E-state index in [4.69, 9.17) is 0 Å². The van der Waals surface area contributed by atoms with Crippen molar-refractivity contribution in [2.24, 2.45) is 0 Å². The predicted octanol–water partition coefficient (Wildman–Crippen LogP) is 3.17. The second kappa shape index (κ2) is 5.73. The minimum absolute atomic E-state index is 0.0670. The normalized spacial score (nSPS) is 17.3. The number of aryl methyl sites for hydroxylation is 1. The first-order chi connectivity index (χ1) is 10.1. The van der Waals surface area contributed by atoms with Crippen molar-refractivity contribution in [1.82, 2.24) is 10.2 Å². The van der Waals surface area contributed by atoms with Gasteiger partial charge in [-0.2, -0.15) is 0 Å². The highest BCUT2D eigenvalue weighted by Gasteiger charge is 2.22. The van der Waals surface area contributed by atoms with E-state index in [1.54, 1.807) is 6.07 Å². The van der Waals surface area contributed by atoms with E-state index >= 15 is 0 Å². The van der Waals surface area contributed by atoms with Crippen LogP contribution in [0.5, 0.6) is 0 Å². The molecule has 1 fully saturated rings. The second-order valence-electron chi connectivity index (χ2n) is 5.72. The van der Waals surface area contributed by atoms with Gasteiger partial charge in [0, 0.05) is 16.1 Å². The molecule has 3 nitrogen and oxygen atoms in total. The molecule has 3 rings (SSSR count). The average Bonchev–Trinajstić information content (AvgIpc) is 2.80. The van der Waals surface area contributed by atoms with Crippen molar-refractivity contribution in [1.29, 1.82) is 0 Å². The molecule has 2 aromatic rings. The number of benzene rings is 1. The summed E-state index contributed by atoms with van der Waals surface area (Å²) in [6.45, 7) is 3.83. The maximum absolute atomic E-state index is 13.9. The number of hydrogen-bond donors (Lipinski definition) is 1. The summed E-state index contributed by atoms with van der Waals surface area (Å²) >= 11 is 1.37. The number of carbonyl (C=O) groups excluding carboxylic acids is 1. The van der Waals surface area contributed by atoms with Crippen molar-refractivity contribution in [2.45, 2.75) is 25.8 Å². The number of thiophene rings is 1. The highest BCUT2D eigenvalue weighted by molar-refractivity contribution is 7.21. The van der Waals surface area contributed by atoms with Gasteiger partial charge in [-0.25, -0.2) is 4.39 Å². The van der Waals surface area contributed by atoms with Gasteiger partial charge in [0.2, 0.25) is 0 Å². The Morgan fingerprint density at radius 1 is 1.38 bits per heavy atom. The lowest BCUT2D eigenvalue weighted by Gasteiger charge is -2.29. The number of nitrogens with zero attached hydrogens (tertiary/aromatic N) is 1. The first-order valence-corrected chi connectivity index (χ1v) is 8.05. The number of nitrogens with one attached hydrogen (secondary N) is 1. The fourth-order valence-electron chi connectivity index (χ4n) is 2.87. The van der Waals surface area contributed by atoms with E-state index in [2.05, 4.69) is 17.3 Å². The molecule has 1 aliphatic rings. The topological polar surface area (TPSA) is 32.3 Å². The van der Waals surface area contributed by atoms with Crippen LogP contribution < -0.4 is 5.32 Å². The van der Waals surface area contributed by atoms with Gasteiger partial charge in [0.15, 0.2) is 0 Å². The molecule has 1 aromatic heterocycles. The molecule has 1 amide bonds. The Morgan fingerprint density at radius 2 is 2.10 bits per heavy atom. The van der Waals surface area contributed by atoms with Gasteiger partial charge in [0.25, 0.3) is 5.91 Å². The lowest BCUT2D eigenvalue weighted by molar-refractivity contribution is 0.0920. The first-order valence-electron chi connectivity index (χ1n) is 7.23. The molecular weight excluding hydrogens is 287 g/mol. The van der Waals surface area contributed by atoms with Crippen LogP contribution in [0.2, 0.25) is 0 Å². The van der Waals surface area contributed by atoms with Crippen LogP contribution in [0.3, 0.4) is 0 Å². The van der Waals surface area contributed by atoms with Gasteiger partial charge in [-0.1, -0.05) is 6.07 Å². The number of hydrogen-bond acceptors (Lipinski definition) is 3. The fraction of sp³-hybridized carbons (Fsp3) is 0.438. The SMILES string of the molecule is Cc1c(C(=O)NC2CCN(C)CC2)sc2cccc(F)c12. The van der Waals surface area contributed by atoms with E-state index in [1.165, 1.54) is 17.4 Å². The van der Waals surface area contributed by atoms with Gasteiger partial charge in [-0.15, -0.1) is 11.3 Å². The molecule has 112 valence electrons. The summed E-state index contributed by atoms with van der Waals surface area (Å²) < 4.78 is 14.7. The molecule has 0 atom stereocenters. The van der Waals surface area contributed by atoms with Gasteiger partial charge in [-0.3, -0.25) is 4.79 Å². The smallest absolute Gasteiger partial charge is 0.261 e. The van der Waals surface area contributed by atoms with E-state index in [-0.39, 0.29) is 17.8 Å². The van der Waals surface area contributed by atoms with Crippen LogP contribution in [0, 0.1) is 12.7 Å². The predicted molar refractivity (Wildman–Crippen MR) is 84.5 cm³/mol. The summed E-state index contributed by atoms with van der Waals surface area (Å²) in [4.78, 5) is 15.4. The summed E-state index contributed by atoms with van der Waals surface area (Å²) in [5.74, 6) is -0.317. The number of halogens is 1. The van der Waals surface area contributed by atoms with Gasteiger partial charge in [0.1, 0.15) is 5.82 Å². The van der Waals surface area contributed by atoms with E-state index in [1.807, 2.05) is 13.0 Å². The Morgan fingerprint density at radius 3 is 2.76 bits per heavy atom. The number of amides is 1. The molecule has 1 aliphatic heterocycles. The lowest BCUT2D eigenvalue weighted by atomic mass is 10.1. The molecule has 2 heterocycles. The third kappa shape index (κ3) is 2.80. The number of rotatable bonds is 2. The van der Waals surface area contributed by atoms with E-state index in [0.29, 0.717) is 10.3 Å². The monoisotopic (exact) mass is 306 g/mol. The van der Waals surface area contributed by atoms with Crippen molar-refractivity contribution in [2.75, 3.05) is 20.1 Å². The van der Waals surface area contributed by atoms with E-state index in [9.17, 15) is 9.18 Å². The minimum Gasteiger partial charge on any atom is -0.349 e. The molecule has 0 aliphatic carbocycles. The molecule has 1 aromatic carbocycles. The largest absolute Gasteiger partial charge is 0.349 e. The Hall–Kier alpha value is -1.46. The van der Waals surface area contributed by atoms with Crippen LogP contribution in [0.15, 0.2) is 18.2 Å². The number of piperidine rings is 1. The quantitative estimate of drug-likeness (QED) is 0.924. The molecule has 0 bridgehead atoms. The van der Waals surface area contributed by atoms with Gasteiger partial charge in [0.05, 0.1) is 4.88 Å². The van der Waals surface area contributed by atoms with Crippen LogP contribution in [0.25, 0.3) is 10.1 Å². The van der Waals surface area contributed by atoms with Gasteiger partial charge < -0.3 is 10.2 Å². The zero-order valence-electron chi connectivity index (χ0n) is 12.3. The Kier molecular flexibility index (Phi) is 3.95. The number of carbonyl (C=O) groups is 1.